The summed E-state index contributed by atoms with van der Waals surface area (Å²) in [7, 11) is 0. The Morgan fingerprint density at radius 1 is 1.08 bits per heavy atom. The highest BCUT2D eigenvalue weighted by molar-refractivity contribution is 5.73. The summed E-state index contributed by atoms with van der Waals surface area (Å²) >= 11 is 0. The number of hydrogen-bond donors (Lipinski definition) is 2. The summed E-state index contributed by atoms with van der Waals surface area (Å²) in [6.45, 7) is 0.119. The highest BCUT2D eigenvalue weighted by Crippen LogP contribution is 2.26. The summed E-state index contributed by atoms with van der Waals surface area (Å²) in [5.41, 5.74) is 3.51. The van der Waals surface area contributed by atoms with E-state index in [2.05, 4.69) is 15.3 Å². The zero-order valence-electron chi connectivity index (χ0n) is 13.9. The molecule has 6 heteroatoms. The average Bonchev–Trinajstić information content (AvgIpc) is 3.13. The van der Waals surface area contributed by atoms with Gasteiger partial charge in [-0.1, -0.05) is 24.3 Å². The number of nitrogens with one attached hydrogen (secondary N) is 1. The summed E-state index contributed by atoms with van der Waals surface area (Å²) < 4.78 is 16.0. The van der Waals surface area contributed by atoms with Gasteiger partial charge in [0.15, 0.2) is 11.5 Å². The Morgan fingerprint density at radius 3 is 2.65 bits per heavy atom. The number of imidazole rings is 1. The minimum atomic E-state index is -0.321. The van der Waals surface area contributed by atoms with Crippen molar-refractivity contribution in [2.24, 2.45) is 0 Å². The van der Waals surface area contributed by atoms with Crippen molar-refractivity contribution in [2.75, 3.05) is 11.9 Å². The van der Waals surface area contributed by atoms with Crippen LogP contribution >= 0.6 is 0 Å². The summed E-state index contributed by atoms with van der Waals surface area (Å²) in [5, 5.41) is 12.3. The van der Waals surface area contributed by atoms with Crippen LogP contribution in [0.15, 0.2) is 67.1 Å². The first-order valence-corrected chi connectivity index (χ1v) is 8.30. The lowest BCUT2D eigenvalue weighted by Crippen LogP contribution is -2.01. The van der Waals surface area contributed by atoms with Crippen LogP contribution in [-0.4, -0.2) is 26.1 Å². The van der Waals surface area contributed by atoms with Gasteiger partial charge in [-0.25, -0.2) is 14.4 Å². The molecule has 0 unspecified atom stereocenters. The summed E-state index contributed by atoms with van der Waals surface area (Å²) in [5.74, 6) is 0.226. The number of fused-ring (bicyclic) bond motifs is 1. The van der Waals surface area contributed by atoms with Gasteiger partial charge in [-0.15, -0.1) is 0 Å². The van der Waals surface area contributed by atoms with Gasteiger partial charge in [0, 0.05) is 36.4 Å². The monoisotopic (exact) mass is 348 g/mol. The lowest BCUT2D eigenvalue weighted by molar-refractivity contribution is 0.299. The Kier molecular flexibility index (Phi) is 4.33. The van der Waals surface area contributed by atoms with Gasteiger partial charge >= 0.3 is 0 Å². The Bertz CT molecular complexity index is 1040. The van der Waals surface area contributed by atoms with E-state index < -0.39 is 0 Å². The molecule has 0 aliphatic heterocycles. The molecule has 5 nitrogen and oxygen atoms in total. The first-order valence-electron chi connectivity index (χ1n) is 8.30. The molecule has 0 atom stereocenters. The molecule has 0 spiro atoms. The zero-order valence-corrected chi connectivity index (χ0v) is 13.9. The molecule has 0 aliphatic rings. The van der Waals surface area contributed by atoms with Crippen molar-refractivity contribution in [2.45, 2.75) is 6.42 Å². The van der Waals surface area contributed by atoms with Crippen LogP contribution in [0.2, 0.25) is 0 Å². The van der Waals surface area contributed by atoms with Gasteiger partial charge in [-0.05, 0) is 36.2 Å². The van der Waals surface area contributed by atoms with Crippen LogP contribution in [-0.2, 0) is 6.42 Å². The molecule has 0 saturated heterocycles. The Balaban J connectivity index is 1.74. The van der Waals surface area contributed by atoms with E-state index >= 15 is 0 Å². The number of nitrogens with zero attached hydrogens (tertiary/aromatic N) is 3. The number of aliphatic hydroxyl groups is 1. The number of aromatic nitrogens is 3. The van der Waals surface area contributed by atoms with Crippen molar-refractivity contribution in [3.8, 4) is 11.3 Å². The Morgan fingerprint density at radius 2 is 1.88 bits per heavy atom. The van der Waals surface area contributed by atoms with E-state index in [4.69, 9.17) is 5.11 Å². The fourth-order valence-corrected chi connectivity index (χ4v) is 2.83. The van der Waals surface area contributed by atoms with E-state index in [1.165, 1.54) is 6.07 Å². The lowest BCUT2D eigenvalue weighted by Gasteiger charge is -2.11. The Labute approximate surface area is 149 Å². The molecule has 2 aromatic heterocycles. The molecule has 2 N–H and O–H groups in total. The van der Waals surface area contributed by atoms with E-state index in [0.29, 0.717) is 29.1 Å². The minimum Gasteiger partial charge on any atom is -0.396 e. The topological polar surface area (TPSA) is 62.5 Å². The predicted molar refractivity (Wildman–Crippen MR) is 98.9 cm³/mol. The molecule has 26 heavy (non-hydrogen) atoms. The van der Waals surface area contributed by atoms with Gasteiger partial charge in [0.2, 0.25) is 0 Å². The SMILES string of the molecule is OCCc1ccc(Nc2nc(-c3ccccc3F)cn3ccnc23)cc1. The van der Waals surface area contributed by atoms with Crippen LogP contribution in [0.1, 0.15) is 5.56 Å². The van der Waals surface area contributed by atoms with E-state index in [9.17, 15) is 4.39 Å². The number of benzene rings is 2. The molecule has 0 amide bonds. The zero-order chi connectivity index (χ0) is 17.9. The predicted octanol–water partition coefficient (Wildman–Crippen LogP) is 3.81. The minimum absolute atomic E-state index is 0.119. The van der Waals surface area contributed by atoms with Crippen LogP contribution in [0.5, 0.6) is 0 Å². The molecule has 0 radical (unpaired) electrons. The first-order chi connectivity index (χ1) is 12.7. The first kappa shape index (κ1) is 16.2. The second-order valence-electron chi connectivity index (χ2n) is 5.91. The maximum atomic E-state index is 14.2. The second kappa shape index (κ2) is 6.93. The molecule has 2 aromatic carbocycles. The molecule has 130 valence electrons. The maximum absolute atomic E-state index is 14.2. The second-order valence-corrected chi connectivity index (χ2v) is 5.91. The van der Waals surface area contributed by atoms with Crippen molar-refractivity contribution in [3.63, 3.8) is 0 Å². The third-order valence-corrected chi connectivity index (χ3v) is 4.14. The van der Waals surface area contributed by atoms with Crippen LogP contribution in [0.3, 0.4) is 0 Å². The molecule has 0 aliphatic carbocycles. The molecule has 4 aromatic rings. The van der Waals surface area contributed by atoms with Crippen molar-refractivity contribution in [1.82, 2.24) is 14.4 Å². The number of anilines is 2. The van der Waals surface area contributed by atoms with Gasteiger partial charge in [-0.2, -0.15) is 0 Å². The van der Waals surface area contributed by atoms with Crippen LogP contribution < -0.4 is 5.32 Å². The van der Waals surface area contributed by atoms with Crippen LogP contribution in [0.25, 0.3) is 16.9 Å². The van der Waals surface area contributed by atoms with Crippen molar-refractivity contribution in [3.05, 3.63) is 78.5 Å². The smallest absolute Gasteiger partial charge is 0.180 e. The molecular weight excluding hydrogens is 331 g/mol. The van der Waals surface area contributed by atoms with Crippen molar-refractivity contribution >= 4 is 17.2 Å². The lowest BCUT2D eigenvalue weighted by atomic mass is 10.1. The third kappa shape index (κ3) is 3.14. The normalized spacial score (nSPS) is 11.0. The van der Waals surface area contributed by atoms with Gasteiger partial charge in [0.25, 0.3) is 0 Å². The molecule has 2 heterocycles. The summed E-state index contributed by atoms with van der Waals surface area (Å²) in [6, 6.07) is 14.3. The van der Waals surface area contributed by atoms with Gasteiger partial charge in [-0.3, -0.25) is 0 Å². The van der Waals surface area contributed by atoms with Crippen molar-refractivity contribution < 1.29 is 9.50 Å². The largest absolute Gasteiger partial charge is 0.396 e. The van der Waals surface area contributed by atoms with E-state index in [-0.39, 0.29) is 12.4 Å². The highest BCUT2D eigenvalue weighted by Gasteiger charge is 2.12. The molecule has 0 fully saturated rings. The van der Waals surface area contributed by atoms with Crippen LogP contribution in [0, 0.1) is 5.82 Å². The quantitative estimate of drug-likeness (QED) is 0.576. The fraction of sp³-hybridized carbons (Fsp3) is 0.100. The maximum Gasteiger partial charge on any atom is 0.180 e. The Hall–Kier alpha value is -3.25. The number of hydrogen-bond acceptors (Lipinski definition) is 4. The van der Waals surface area contributed by atoms with E-state index in [1.54, 1.807) is 36.8 Å². The number of aliphatic hydroxyl groups excluding tert-OH is 1. The number of halogens is 1. The van der Waals surface area contributed by atoms with Gasteiger partial charge < -0.3 is 14.8 Å². The fourth-order valence-electron chi connectivity index (χ4n) is 2.83. The molecule has 0 bridgehead atoms. The van der Waals surface area contributed by atoms with E-state index in [1.807, 2.05) is 28.7 Å². The van der Waals surface area contributed by atoms with Crippen LogP contribution in [0.4, 0.5) is 15.9 Å². The standard InChI is InChI=1S/C20H17FN4O/c21-17-4-2-1-3-16(17)18-13-25-11-10-22-20(25)19(24-18)23-15-7-5-14(6-8-15)9-12-26/h1-8,10-11,13,26H,9,12H2,(H,23,24). The highest BCUT2D eigenvalue weighted by atomic mass is 19.1. The third-order valence-electron chi connectivity index (χ3n) is 4.14. The molecule has 0 saturated carbocycles. The van der Waals surface area contributed by atoms with Gasteiger partial charge in [0.1, 0.15) is 5.82 Å². The molecular formula is C20H17FN4O. The average molecular weight is 348 g/mol. The molecule has 4 rings (SSSR count). The summed E-state index contributed by atoms with van der Waals surface area (Å²) in [4.78, 5) is 8.91. The van der Waals surface area contributed by atoms with Crippen molar-refractivity contribution in [1.29, 1.82) is 0 Å². The summed E-state index contributed by atoms with van der Waals surface area (Å²) in [6.07, 6.45) is 5.86. The van der Waals surface area contributed by atoms with Gasteiger partial charge in [0.05, 0.1) is 5.69 Å². The van der Waals surface area contributed by atoms with E-state index in [0.717, 1.165) is 11.3 Å². The number of rotatable bonds is 5.